The van der Waals surface area contributed by atoms with Gasteiger partial charge in [-0.05, 0) is 25.0 Å². The van der Waals surface area contributed by atoms with Gasteiger partial charge < -0.3 is 9.64 Å². The summed E-state index contributed by atoms with van der Waals surface area (Å²) in [6.07, 6.45) is 1.21. The Bertz CT molecular complexity index is 535. The molecule has 1 saturated heterocycles. The molecule has 1 aliphatic rings. The van der Waals surface area contributed by atoms with Gasteiger partial charge in [0.05, 0.1) is 23.9 Å². The third-order valence-corrected chi connectivity index (χ3v) is 3.96. The predicted molar refractivity (Wildman–Crippen MR) is 81.4 cm³/mol. The van der Waals surface area contributed by atoms with Gasteiger partial charge in [-0.3, -0.25) is 14.9 Å². The Morgan fingerprint density at radius 1 is 1.52 bits per heavy atom. The maximum atomic E-state index is 12.5. The summed E-state index contributed by atoms with van der Waals surface area (Å²) in [6.45, 7) is 2.46. The Labute approximate surface area is 129 Å². The number of ether oxygens (including phenoxy) is 1. The second-order valence-corrected chi connectivity index (χ2v) is 5.34. The number of carbonyl (C=O) groups is 2. The fourth-order valence-electron chi connectivity index (χ4n) is 2.48. The summed E-state index contributed by atoms with van der Waals surface area (Å²) in [5, 5.41) is 3.62. The molecule has 114 valence electrons. The number of nitrogens with one attached hydrogen (secondary N) is 1. The molecule has 21 heavy (non-hydrogen) atoms. The molecule has 0 bridgehead atoms. The van der Waals surface area contributed by atoms with Gasteiger partial charge in [-0.2, -0.15) is 0 Å². The van der Waals surface area contributed by atoms with E-state index in [4.69, 9.17) is 16.3 Å². The van der Waals surface area contributed by atoms with E-state index in [-0.39, 0.29) is 17.9 Å². The van der Waals surface area contributed by atoms with Crippen LogP contribution in [-0.2, 0) is 14.3 Å². The highest BCUT2D eigenvalue weighted by Gasteiger charge is 2.35. The Balaban J connectivity index is 2.08. The molecule has 1 aliphatic heterocycles. The summed E-state index contributed by atoms with van der Waals surface area (Å²) < 4.78 is 4.73. The lowest BCUT2D eigenvalue weighted by Crippen LogP contribution is -2.47. The topological polar surface area (TPSA) is 58.6 Å². The zero-order valence-corrected chi connectivity index (χ0v) is 12.9. The first kappa shape index (κ1) is 15.8. The van der Waals surface area contributed by atoms with Gasteiger partial charge in [-0.15, -0.1) is 0 Å². The first-order chi connectivity index (χ1) is 10.1. The van der Waals surface area contributed by atoms with Crippen LogP contribution in [0.2, 0.25) is 5.02 Å². The van der Waals surface area contributed by atoms with Crippen molar-refractivity contribution in [1.29, 1.82) is 0 Å². The van der Waals surface area contributed by atoms with E-state index >= 15 is 0 Å². The van der Waals surface area contributed by atoms with Gasteiger partial charge in [0.2, 0.25) is 5.91 Å². The average molecular weight is 311 g/mol. The lowest BCUT2D eigenvalue weighted by atomic mass is 10.1. The number of esters is 1. The van der Waals surface area contributed by atoms with Gasteiger partial charge >= 0.3 is 5.97 Å². The third kappa shape index (κ3) is 3.36. The summed E-state index contributed by atoms with van der Waals surface area (Å²) in [4.78, 5) is 25.7. The normalized spacial score (nSPS) is 19.7. The van der Waals surface area contributed by atoms with Crippen molar-refractivity contribution < 1.29 is 14.3 Å². The number of benzene rings is 1. The average Bonchev–Trinajstić information content (AvgIpc) is 2.85. The standard InChI is InChI=1S/C15H19ClN2O3/c1-3-11(15(20)21-2)17-12-8-9-18(14(12)19)13-7-5-4-6-10(13)16/h4-7,11-12,17H,3,8-9H2,1-2H3. The molecule has 0 radical (unpaired) electrons. The molecule has 1 aromatic rings. The number of hydrogen-bond donors (Lipinski definition) is 1. The van der Waals surface area contributed by atoms with E-state index in [0.29, 0.717) is 30.1 Å². The molecule has 6 heteroatoms. The van der Waals surface area contributed by atoms with Crippen LogP contribution in [-0.4, -0.2) is 37.6 Å². The van der Waals surface area contributed by atoms with Crippen LogP contribution in [0.3, 0.4) is 0 Å². The minimum Gasteiger partial charge on any atom is -0.468 e. The Kier molecular flexibility index (Phi) is 5.20. The largest absolute Gasteiger partial charge is 0.468 e. The lowest BCUT2D eigenvalue weighted by molar-refractivity contribution is -0.143. The number of hydrogen-bond acceptors (Lipinski definition) is 4. The lowest BCUT2D eigenvalue weighted by Gasteiger charge is -2.21. The molecule has 0 aliphatic carbocycles. The van der Waals surface area contributed by atoms with Crippen LogP contribution in [0.15, 0.2) is 24.3 Å². The number of halogens is 1. The monoisotopic (exact) mass is 310 g/mol. The zero-order valence-electron chi connectivity index (χ0n) is 12.1. The highest BCUT2D eigenvalue weighted by Crippen LogP contribution is 2.29. The van der Waals surface area contributed by atoms with E-state index in [1.54, 1.807) is 11.0 Å². The summed E-state index contributed by atoms with van der Waals surface area (Å²) in [5.41, 5.74) is 0.708. The number of rotatable bonds is 5. The number of para-hydroxylation sites is 1. The molecular formula is C15H19ClN2O3. The maximum Gasteiger partial charge on any atom is 0.322 e. The van der Waals surface area contributed by atoms with E-state index in [1.807, 2.05) is 25.1 Å². The highest BCUT2D eigenvalue weighted by molar-refractivity contribution is 6.33. The molecule has 0 aromatic heterocycles. The molecular weight excluding hydrogens is 292 g/mol. The van der Waals surface area contributed by atoms with Gasteiger partial charge in [0.25, 0.3) is 0 Å². The van der Waals surface area contributed by atoms with E-state index in [2.05, 4.69) is 5.32 Å². The van der Waals surface area contributed by atoms with Gasteiger partial charge in [-0.25, -0.2) is 0 Å². The van der Waals surface area contributed by atoms with Crippen LogP contribution in [0.1, 0.15) is 19.8 Å². The molecule has 0 spiro atoms. The van der Waals surface area contributed by atoms with Crippen LogP contribution in [0.25, 0.3) is 0 Å². The van der Waals surface area contributed by atoms with E-state index in [1.165, 1.54) is 7.11 Å². The number of methoxy groups -OCH3 is 1. The molecule has 2 atom stereocenters. The first-order valence-electron chi connectivity index (χ1n) is 6.98. The smallest absolute Gasteiger partial charge is 0.322 e. The second-order valence-electron chi connectivity index (χ2n) is 4.93. The highest BCUT2D eigenvalue weighted by atomic mass is 35.5. The minimum atomic E-state index is -0.463. The van der Waals surface area contributed by atoms with Gasteiger partial charge in [-0.1, -0.05) is 30.7 Å². The predicted octanol–water partition coefficient (Wildman–Crippen LogP) is 1.99. The van der Waals surface area contributed by atoms with Gasteiger partial charge in [0.15, 0.2) is 0 Å². The Hall–Kier alpha value is -1.59. The van der Waals surface area contributed by atoms with Crippen LogP contribution >= 0.6 is 11.6 Å². The molecule has 1 N–H and O–H groups in total. The van der Waals surface area contributed by atoms with Crippen molar-refractivity contribution in [3.63, 3.8) is 0 Å². The summed E-state index contributed by atoms with van der Waals surface area (Å²) in [6, 6.07) is 6.40. The second kappa shape index (κ2) is 6.91. The van der Waals surface area contributed by atoms with Crippen LogP contribution in [0, 0.1) is 0 Å². The quantitative estimate of drug-likeness (QED) is 0.845. The molecule has 1 aromatic carbocycles. The van der Waals surface area contributed by atoms with Crippen molar-refractivity contribution in [3.8, 4) is 0 Å². The van der Waals surface area contributed by atoms with Crippen LogP contribution < -0.4 is 10.2 Å². The zero-order chi connectivity index (χ0) is 15.4. The number of anilines is 1. The summed E-state index contributed by atoms with van der Waals surface area (Å²) in [5.74, 6) is -0.410. The Morgan fingerprint density at radius 2 is 2.24 bits per heavy atom. The molecule has 1 amide bonds. The first-order valence-corrected chi connectivity index (χ1v) is 7.36. The van der Waals surface area contributed by atoms with Crippen molar-refractivity contribution in [1.82, 2.24) is 5.32 Å². The van der Waals surface area contributed by atoms with Crippen molar-refractivity contribution in [3.05, 3.63) is 29.3 Å². The molecule has 2 rings (SSSR count). The van der Waals surface area contributed by atoms with E-state index < -0.39 is 6.04 Å². The fraction of sp³-hybridized carbons (Fsp3) is 0.467. The number of nitrogens with zero attached hydrogens (tertiary/aromatic N) is 1. The maximum absolute atomic E-state index is 12.5. The molecule has 5 nitrogen and oxygen atoms in total. The van der Waals surface area contributed by atoms with Gasteiger partial charge in [0.1, 0.15) is 6.04 Å². The SMILES string of the molecule is CCC(NC1CCN(c2ccccc2Cl)C1=O)C(=O)OC. The van der Waals surface area contributed by atoms with E-state index in [9.17, 15) is 9.59 Å². The molecule has 0 saturated carbocycles. The number of amides is 1. The summed E-state index contributed by atoms with van der Waals surface area (Å²) >= 11 is 6.13. The van der Waals surface area contributed by atoms with Crippen molar-refractivity contribution in [2.24, 2.45) is 0 Å². The van der Waals surface area contributed by atoms with Crippen molar-refractivity contribution in [2.75, 3.05) is 18.6 Å². The third-order valence-electron chi connectivity index (χ3n) is 3.65. The molecule has 1 heterocycles. The van der Waals surface area contributed by atoms with Crippen molar-refractivity contribution >= 4 is 29.2 Å². The summed E-state index contributed by atoms with van der Waals surface area (Å²) in [7, 11) is 1.35. The minimum absolute atomic E-state index is 0.0644. The van der Waals surface area contributed by atoms with E-state index in [0.717, 1.165) is 0 Å². The van der Waals surface area contributed by atoms with Crippen molar-refractivity contribution in [2.45, 2.75) is 31.8 Å². The van der Waals surface area contributed by atoms with Gasteiger partial charge in [0, 0.05) is 6.54 Å². The fourth-order valence-corrected chi connectivity index (χ4v) is 2.72. The number of carbonyl (C=O) groups excluding carboxylic acids is 2. The molecule has 1 fully saturated rings. The Morgan fingerprint density at radius 3 is 2.86 bits per heavy atom. The molecule has 2 unspecified atom stereocenters. The van der Waals surface area contributed by atoms with Crippen LogP contribution in [0.5, 0.6) is 0 Å². The van der Waals surface area contributed by atoms with Crippen LogP contribution in [0.4, 0.5) is 5.69 Å².